The van der Waals surface area contributed by atoms with Gasteiger partial charge in [0, 0.05) is 5.92 Å². The van der Waals surface area contributed by atoms with Crippen LogP contribution in [0.5, 0.6) is 0 Å². The second-order valence-corrected chi connectivity index (χ2v) is 15.2. The molecule has 4 rings (SSSR count). The molecule has 0 aliphatic heterocycles. The van der Waals surface area contributed by atoms with Gasteiger partial charge < -0.3 is 25.4 Å². The van der Waals surface area contributed by atoms with E-state index < -0.39 is 0 Å². The number of hydrogen-bond donors (Lipinski definition) is 0. The van der Waals surface area contributed by atoms with E-state index in [1.807, 2.05) is 0 Å². The minimum Gasteiger partial charge on any atom is -0.668 e. The Morgan fingerprint density at radius 2 is 1.47 bits per heavy atom. The van der Waals surface area contributed by atoms with E-state index in [4.69, 9.17) is 5.73 Å². The summed E-state index contributed by atoms with van der Waals surface area (Å²) in [5.74, 6) is -0.276. The average Bonchev–Trinajstić information content (AvgIpc) is 3.15. The molecule has 0 radical (unpaired) electrons. The molecule has 168 valence electrons. The fraction of sp³-hybridized carbons (Fsp3) is 0.538. The van der Waals surface area contributed by atoms with Crippen molar-refractivity contribution in [2.45, 2.75) is 84.2 Å². The van der Waals surface area contributed by atoms with Gasteiger partial charge in [0.15, 0.2) is 0 Å². The van der Waals surface area contributed by atoms with Gasteiger partial charge in [0.05, 0.1) is 5.91 Å². The normalized spacial score (nSPS) is 15.5. The third-order valence-electron chi connectivity index (χ3n) is 5.54. The van der Waals surface area contributed by atoms with Crippen molar-refractivity contribution in [1.29, 1.82) is 0 Å². The molecule has 0 heterocycles. The molecule has 2 aromatic rings. The molecule has 4 heteroatoms. The van der Waals surface area contributed by atoms with Gasteiger partial charge in [-0.3, -0.25) is 0 Å². The summed E-state index contributed by atoms with van der Waals surface area (Å²) in [5, 5.41) is 2.86. The van der Waals surface area contributed by atoms with E-state index >= 15 is 0 Å². The van der Waals surface area contributed by atoms with Crippen LogP contribution in [0, 0.1) is 27.7 Å². The maximum atomic E-state index is 10.7. The molecule has 1 amide bonds. The zero-order valence-corrected chi connectivity index (χ0v) is 22.4. The zero-order valence-electron chi connectivity index (χ0n) is 19.9. The molecule has 2 aromatic carbocycles. The minimum absolute atomic E-state index is 0. The smallest absolute Gasteiger partial charge is 0.0519 e. The molecule has 0 saturated heterocycles. The molecule has 2 aliphatic carbocycles. The van der Waals surface area contributed by atoms with E-state index in [0.717, 1.165) is 25.7 Å². The van der Waals surface area contributed by atoms with Gasteiger partial charge in [-0.2, -0.15) is 6.07 Å². The number of nitrogens with one attached hydrogen (secondary N) is 1. The first-order valence-electron chi connectivity index (χ1n) is 10.8. The summed E-state index contributed by atoms with van der Waals surface area (Å²) in [6.07, 6.45) is 12.1. The Balaban J connectivity index is 0.000000457. The van der Waals surface area contributed by atoms with E-state index in [0.29, 0.717) is 0 Å². The van der Waals surface area contributed by atoms with Crippen LogP contribution in [0.4, 0.5) is 0 Å². The number of aryl methyl sites for hydroxylation is 3. The molecule has 0 unspecified atom stereocenters. The zero-order chi connectivity index (χ0) is 20.5. The van der Waals surface area contributed by atoms with Crippen LogP contribution >= 0.6 is 0 Å². The third kappa shape index (κ3) is 10.0. The molecule has 0 aromatic heterocycles. The molecule has 1 saturated carbocycles. The fourth-order valence-corrected chi connectivity index (χ4v) is 4.16. The van der Waals surface area contributed by atoms with Crippen molar-refractivity contribution >= 4 is 22.9 Å². The Morgan fingerprint density at radius 3 is 2.00 bits per heavy atom. The SMILES string of the molecule is C[Si](C)=[Ti].Cc1cc2cc3c(cc2[cH-]1)CCC3.[CH3-].[CH3-].[NH-]C(=O)C1CCCCCCC1. The largest absolute Gasteiger partial charge is 0.668 e. The molecule has 2 nitrogen and oxygen atoms in total. The summed E-state index contributed by atoms with van der Waals surface area (Å²) in [4.78, 5) is 10.7. The van der Waals surface area contributed by atoms with Crippen LogP contribution in [0.15, 0.2) is 24.3 Å². The summed E-state index contributed by atoms with van der Waals surface area (Å²) in [6, 6.07) is 9.33. The summed E-state index contributed by atoms with van der Waals surface area (Å²) < 4.78 is 0. The number of rotatable bonds is 1. The predicted molar refractivity (Wildman–Crippen MR) is 132 cm³/mol. The fourth-order valence-electron chi connectivity index (χ4n) is 4.16. The average molecular weight is 460 g/mol. The van der Waals surface area contributed by atoms with Crippen molar-refractivity contribution < 1.29 is 24.0 Å². The van der Waals surface area contributed by atoms with Crippen LogP contribution in [-0.4, -0.2) is 12.1 Å². The maximum Gasteiger partial charge on any atom is 0.0519 e. The van der Waals surface area contributed by atoms with E-state index in [1.165, 1.54) is 54.9 Å². The first kappa shape index (κ1) is 29.2. The summed E-state index contributed by atoms with van der Waals surface area (Å²) in [6.45, 7) is 6.71. The molecular formula is C26H41NOSiTi-4. The molecule has 0 bridgehead atoms. The molecule has 1 fully saturated rings. The maximum absolute atomic E-state index is 10.7. The molecule has 0 atom stereocenters. The Bertz CT molecular complexity index is 743. The van der Waals surface area contributed by atoms with Crippen molar-refractivity contribution in [3.63, 3.8) is 0 Å². The Hall–Kier alpha value is -0.769. The number of fused-ring (bicyclic) bond motifs is 2. The quantitative estimate of drug-likeness (QED) is 0.315. The van der Waals surface area contributed by atoms with Crippen LogP contribution in [0.1, 0.15) is 68.1 Å². The number of benzene rings is 1. The van der Waals surface area contributed by atoms with Crippen molar-refractivity contribution in [1.82, 2.24) is 0 Å². The predicted octanol–water partition coefficient (Wildman–Crippen LogP) is 7.97. The molecule has 30 heavy (non-hydrogen) atoms. The van der Waals surface area contributed by atoms with Crippen molar-refractivity contribution in [3.05, 3.63) is 61.5 Å². The Labute approximate surface area is 198 Å². The van der Waals surface area contributed by atoms with Crippen molar-refractivity contribution in [3.8, 4) is 0 Å². The van der Waals surface area contributed by atoms with E-state index in [1.54, 1.807) is 11.1 Å². The van der Waals surface area contributed by atoms with Crippen LogP contribution in [-0.2, 0) is 36.8 Å². The van der Waals surface area contributed by atoms with Gasteiger partial charge in [-0.15, -0.1) is 34.5 Å². The van der Waals surface area contributed by atoms with Gasteiger partial charge in [-0.25, -0.2) is 0 Å². The number of carbonyl (C=O) groups is 1. The van der Waals surface area contributed by atoms with Gasteiger partial charge in [0.2, 0.25) is 0 Å². The van der Waals surface area contributed by atoms with Gasteiger partial charge in [0.1, 0.15) is 0 Å². The van der Waals surface area contributed by atoms with E-state index in [2.05, 4.69) is 63.5 Å². The van der Waals surface area contributed by atoms with Crippen molar-refractivity contribution in [2.24, 2.45) is 5.92 Å². The van der Waals surface area contributed by atoms with Crippen LogP contribution in [0.2, 0.25) is 13.1 Å². The summed E-state index contributed by atoms with van der Waals surface area (Å²) >= 11 is 2.27. The molecule has 1 N–H and O–H groups in total. The monoisotopic (exact) mass is 459 g/mol. The van der Waals surface area contributed by atoms with Crippen LogP contribution in [0.3, 0.4) is 0 Å². The summed E-state index contributed by atoms with van der Waals surface area (Å²) in [7, 11) is 0. The van der Waals surface area contributed by atoms with Gasteiger partial charge in [0.25, 0.3) is 0 Å². The first-order valence-corrected chi connectivity index (χ1v) is 15.7. The molecule has 2 aliphatic rings. The van der Waals surface area contributed by atoms with E-state index in [9.17, 15) is 4.79 Å². The second-order valence-electron chi connectivity index (χ2n) is 8.54. The first-order chi connectivity index (χ1) is 13.4. The van der Waals surface area contributed by atoms with Gasteiger partial charge >= 0.3 is 38.5 Å². The molecular weight excluding hydrogens is 418 g/mol. The van der Waals surface area contributed by atoms with Crippen LogP contribution < -0.4 is 0 Å². The van der Waals surface area contributed by atoms with Crippen molar-refractivity contribution in [2.75, 3.05) is 0 Å². The number of carbonyl (C=O) groups excluding carboxylic acids is 1. The Kier molecular flexibility index (Phi) is 14.7. The van der Waals surface area contributed by atoms with Gasteiger partial charge in [-0.1, -0.05) is 50.2 Å². The summed E-state index contributed by atoms with van der Waals surface area (Å²) in [5.41, 5.74) is 11.6. The van der Waals surface area contributed by atoms with Crippen LogP contribution in [0.25, 0.3) is 16.5 Å². The third-order valence-corrected chi connectivity index (χ3v) is 5.54. The number of hydrogen-bond acceptors (Lipinski definition) is 1. The second kappa shape index (κ2) is 15.1. The standard InChI is InChI=1S/C13H13.C9H17NO.C2H6Si.2CH3.Ti/c1-9-5-12-7-10-3-2-4-11(10)8-13(12)6-9;10-9(11)8-6-4-2-1-3-5-7-8;1-3-2;;;/h5-8H,2-4H2,1H3;8H,1-7H2,(H2,10,11);1-2H3;2*1H3;/q-1;;;2*-1;/p-1. The number of amides is 1. The van der Waals surface area contributed by atoms with Gasteiger partial charge in [-0.05, 0) is 32.1 Å². The topological polar surface area (TPSA) is 40.9 Å². The van der Waals surface area contributed by atoms with E-state index in [-0.39, 0.29) is 32.9 Å². The minimum atomic E-state index is -0.341. The molecule has 0 spiro atoms. The Morgan fingerprint density at radius 1 is 0.967 bits per heavy atom.